The van der Waals surface area contributed by atoms with Crippen molar-refractivity contribution < 1.29 is 10.2 Å². The van der Waals surface area contributed by atoms with Gasteiger partial charge < -0.3 is 10.2 Å². The van der Waals surface area contributed by atoms with Gasteiger partial charge in [-0.05, 0) is 77.6 Å². The Balaban J connectivity index is 2.09. The van der Waals surface area contributed by atoms with Crippen molar-refractivity contribution in [2.24, 2.45) is 0 Å². The molecule has 3 rings (SSSR count). The van der Waals surface area contributed by atoms with Gasteiger partial charge in [0.2, 0.25) is 0 Å². The summed E-state index contributed by atoms with van der Waals surface area (Å²) in [5.74, 6) is 0.285. The first-order chi connectivity index (χ1) is 13.2. The van der Waals surface area contributed by atoms with Crippen molar-refractivity contribution in [3.05, 3.63) is 94.6 Å². The molecular formula is C25H28O2. The molecule has 0 saturated carbocycles. The number of phenols is 1. The van der Waals surface area contributed by atoms with Crippen LogP contribution < -0.4 is 0 Å². The molecule has 0 aromatic heterocycles. The maximum absolute atomic E-state index is 9.71. The van der Waals surface area contributed by atoms with E-state index in [0.29, 0.717) is 0 Å². The minimum Gasteiger partial charge on any atom is -0.508 e. The minimum absolute atomic E-state index is 0.223. The molecule has 27 heavy (non-hydrogen) atoms. The minimum atomic E-state index is 0.223. The quantitative estimate of drug-likeness (QED) is 0.654. The second-order valence-corrected chi connectivity index (χ2v) is 6.92. The van der Waals surface area contributed by atoms with E-state index in [1.165, 1.54) is 27.8 Å². The number of rotatable bonds is 7. The summed E-state index contributed by atoms with van der Waals surface area (Å²) in [6.45, 7) is 2.43. The van der Waals surface area contributed by atoms with Crippen molar-refractivity contribution in [2.45, 2.75) is 39.0 Å². The molecule has 2 aromatic carbocycles. The second-order valence-electron chi connectivity index (χ2n) is 6.92. The third-order valence-corrected chi connectivity index (χ3v) is 5.02. The predicted molar refractivity (Wildman–Crippen MR) is 113 cm³/mol. The Labute approximate surface area is 162 Å². The van der Waals surface area contributed by atoms with Gasteiger partial charge in [0.25, 0.3) is 0 Å². The van der Waals surface area contributed by atoms with E-state index in [1.54, 1.807) is 12.1 Å². The maximum atomic E-state index is 9.71. The standard InChI is InChI=1S/C25H28O2/c1-2-24(20-8-4-3-5-9-20)25(22-14-16-23(27)17-15-22)21-12-10-19(11-13-21)7-6-18-26/h4,8-17,26-27H,2-3,5-7,18H2,1H3/b25-24+. The highest BCUT2D eigenvalue weighted by atomic mass is 16.3. The highest BCUT2D eigenvalue weighted by molar-refractivity contribution is 5.85. The predicted octanol–water partition coefficient (Wildman–Crippen LogP) is 5.81. The molecular weight excluding hydrogens is 332 g/mol. The van der Waals surface area contributed by atoms with Gasteiger partial charge in [-0.15, -0.1) is 0 Å². The van der Waals surface area contributed by atoms with Crippen molar-refractivity contribution in [3.63, 3.8) is 0 Å². The average molecular weight is 360 g/mol. The van der Waals surface area contributed by atoms with E-state index in [0.717, 1.165) is 37.7 Å². The Bertz CT molecular complexity index is 837. The maximum Gasteiger partial charge on any atom is 0.115 e. The summed E-state index contributed by atoms with van der Waals surface area (Å²) in [5, 5.41) is 18.8. The van der Waals surface area contributed by atoms with Crippen LogP contribution in [0.1, 0.15) is 49.3 Å². The van der Waals surface area contributed by atoms with Crippen LogP contribution in [0.4, 0.5) is 0 Å². The van der Waals surface area contributed by atoms with Gasteiger partial charge >= 0.3 is 0 Å². The summed E-state index contributed by atoms with van der Waals surface area (Å²) in [5.41, 5.74) is 7.41. The van der Waals surface area contributed by atoms with E-state index >= 15 is 0 Å². The van der Waals surface area contributed by atoms with Crippen LogP contribution in [0, 0.1) is 0 Å². The van der Waals surface area contributed by atoms with E-state index < -0.39 is 0 Å². The molecule has 2 N–H and O–H groups in total. The van der Waals surface area contributed by atoms with Crippen molar-refractivity contribution in [1.29, 1.82) is 0 Å². The van der Waals surface area contributed by atoms with E-state index in [1.807, 2.05) is 12.1 Å². The Morgan fingerprint density at radius 1 is 0.926 bits per heavy atom. The first-order valence-electron chi connectivity index (χ1n) is 9.82. The lowest BCUT2D eigenvalue weighted by molar-refractivity contribution is 0.288. The van der Waals surface area contributed by atoms with Gasteiger partial charge in [0, 0.05) is 6.61 Å². The third kappa shape index (κ3) is 4.78. The first-order valence-corrected chi connectivity index (χ1v) is 9.82. The number of aliphatic hydroxyl groups is 1. The lowest BCUT2D eigenvalue weighted by Gasteiger charge is -2.19. The van der Waals surface area contributed by atoms with Crippen LogP contribution in [0.15, 0.2) is 77.9 Å². The molecule has 2 heteroatoms. The molecule has 0 fully saturated rings. The molecule has 0 aliphatic heterocycles. The number of benzene rings is 2. The Morgan fingerprint density at radius 2 is 1.59 bits per heavy atom. The fourth-order valence-corrected chi connectivity index (χ4v) is 3.63. The highest BCUT2D eigenvalue weighted by Crippen LogP contribution is 2.34. The zero-order valence-electron chi connectivity index (χ0n) is 16.0. The van der Waals surface area contributed by atoms with Gasteiger partial charge in [0.15, 0.2) is 0 Å². The zero-order chi connectivity index (χ0) is 19.1. The molecule has 2 aromatic rings. The van der Waals surface area contributed by atoms with Gasteiger partial charge in [-0.3, -0.25) is 0 Å². The van der Waals surface area contributed by atoms with Crippen LogP contribution in [0.2, 0.25) is 0 Å². The largest absolute Gasteiger partial charge is 0.508 e. The SMILES string of the molecule is CC/C(C1=CCCC=C1)=C(\c1ccc(O)cc1)c1ccc(CCCO)cc1. The van der Waals surface area contributed by atoms with Crippen LogP contribution in [0.3, 0.4) is 0 Å². The Morgan fingerprint density at radius 3 is 2.15 bits per heavy atom. The smallest absolute Gasteiger partial charge is 0.115 e. The molecule has 1 aliphatic rings. The van der Waals surface area contributed by atoms with Crippen LogP contribution in [-0.2, 0) is 6.42 Å². The van der Waals surface area contributed by atoms with Crippen molar-refractivity contribution >= 4 is 5.57 Å². The van der Waals surface area contributed by atoms with Crippen LogP contribution in [0.5, 0.6) is 5.75 Å². The summed E-state index contributed by atoms with van der Waals surface area (Å²) in [4.78, 5) is 0. The molecule has 0 heterocycles. The monoisotopic (exact) mass is 360 g/mol. The average Bonchev–Trinajstić information content (AvgIpc) is 2.72. The third-order valence-electron chi connectivity index (χ3n) is 5.02. The van der Waals surface area contributed by atoms with Crippen molar-refractivity contribution in [2.75, 3.05) is 6.61 Å². The Hall–Kier alpha value is -2.58. The normalized spacial score (nSPS) is 14.7. The number of allylic oxidation sites excluding steroid dienone is 5. The molecule has 0 atom stereocenters. The topological polar surface area (TPSA) is 40.5 Å². The molecule has 0 amide bonds. The summed E-state index contributed by atoms with van der Waals surface area (Å²) in [6, 6.07) is 16.2. The lowest BCUT2D eigenvalue weighted by Crippen LogP contribution is -1.99. The van der Waals surface area contributed by atoms with Gasteiger partial charge in [0.1, 0.15) is 5.75 Å². The lowest BCUT2D eigenvalue weighted by atomic mass is 9.86. The first kappa shape index (κ1) is 19.2. The van der Waals surface area contributed by atoms with Gasteiger partial charge in [-0.1, -0.05) is 61.5 Å². The summed E-state index contributed by atoms with van der Waals surface area (Å²) < 4.78 is 0. The van der Waals surface area contributed by atoms with E-state index in [2.05, 4.69) is 49.4 Å². The van der Waals surface area contributed by atoms with Crippen LogP contribution in [0.25, 0.3) is 5.57 Å². The fraction of sp³-hybridized carbons (Fsp3) is 0.280. The van der Waals surface area contributed by atoms with E-state index in [9.17, 15) is 5.11 Å². The van der Waals surface area contributed by atoms with Gasteiger partial charge in [-0.2, -0.15) is 0 Å². The fourth-order valence-electron chi connectivity index (χ4n) is 3.63. The highest BCUT2D eigenvalue weighted by Gasteiger charge is 2.14. The molecule has 0 radical (unpaired) electrons. The molecule has 0 bridgehead atoms. The van der Waals surface area contributed by atoms with Gasteiger partial charge in [0.05, 0.1) is 0 Å². The van der Waals surface area contributed by atoms with E-state index in [4.69, 9.17) is 5.11 Å². The molecule has 2 nitrogen and oxygen atoms in total. The number of aromatic hydroxyl groups is 1. The van der Waals surface area contributed by atoms with Crippen LogP contribution >= 0.6 is 0 Å². The Kier molecular flexibility index (Phi) is 6.67. The van der Waals surface area contributed by atoms with Gasteiger partial charge in [-0.25, -0.2) is 0 Å². The molecule has 0 saturated heterocycles. The molecule has 0 unspecified atom stereocenters. The number of hydrogen-bond donors (Lipinski definition) is 2. The van der Waals surface area contributed by atoms with Crippen molar-refractivity contribution in [3.8, 4) is 5.75 Å². The number of aryl methyl sites for hydroxylation is 1. The van der Waals surface area contributed by atoms with E-state index in [-0.39, 0.29) is 12.4 Å². The van der Waals surface area contributed by atoms with Crippen LogP contribution in [-0.4, -0.2) is 16.8 Å². The summed E-state index contributed by atoms with van der Waals surface area (Å²) in [6.07, 6.45) is 11.6. The number of phenolic OH excluding ortho intramolecular Hbond substituents is 1. The molecule has 140 valence electrons. The number of hydrogen-bond acceptors (Lipinski definition) is 2. The molecule has 0 spiro atoms. The summed E-state index contributed by atoms with van der Waals surface area (Å²) in [7, 11) is 0. The molecule has 1 aliphatic carbocycles. The van der Waals surface area contributed by atoms with Crippen molar-refractivity contribution in [1.82, 2.24) is 0 Å². The number of aliphatic hydroxyl groups excluding tert-OH is 1. The summed E-state index contributed by atoms with van der Waals surface area (Å²) >= 11 is 0. The zero-order valence-corrected chi connectivity index (χ0v) is 16.0. The second kappa shape index (κ2) is 9.38.